The molecule has 2 aromatic carbocycles. The summed E-state index contributed by atoms with van der Waals surface area (Å²) >= 11 is 0. The monoisotopic (exact) mass is 397 g/mol. The summed E-state index contributed by atoms with van der Waals surface area (Å²) in [6, 6.07) is 16.9. The molecule has 0 unspecified atom stereocenters. The lowest BCUT2D eigenvalue weighted by Crippen LogP contribution is -2.04. The van der Waals surface area contributed by atoms with Gasteiger partial charge in [-0.25, -0.2) is 9.67 Å². The van der Waals surface area contributed by atoms with Crippen LogP contribution in [0, 0.1) is 6.92 Å². The molecule has 1 aliphatic rings. The van der Waals surface area contributed by atoms with Crippen molar-refractivity contribution in [3.05, 3.63) is 83.2 Å². The Morgan fingerprint density at radius 2 is 1.83 bits per heavy atom. The van der Waals surface area contributed by atoms with Gasteiger partial charge in [0.2, 0.25) is 0 Å². The van der Waals surface area contributed by atoms with E-state index >= 15 is 0 Å². The van der Waals surface area contributed by atoms with E-state index in [-0.39, 0.29) is 11.5 Å². The molecule has 0 aliphatic heterocycles. The smallest absolute Gasteiger partial charge is 0.198 e. The molecule has 5 heteroatoms. The van der Waals surface area contributed by atoms with Gasteiger partial charge < -0.3 is 5.11 Å². The molecule has 1 aliphatic carbocycles. The van der Waals surface area contributed by atoms with Gasteiger partial charge in [-0.1, -0.05) is 42.7 Å². The van der Waals surface area contributed by atoms with Crippen molar-refractivity contribution in [1.82, 2.24) is 14.8 Å². The zero-order valence-corrected chi connectivity index (χ0v) is 16.9. The maximum Gasteiger partial charge on any atom is 0.198 e. The van der Waals surface area contributed by atoms with Crippen molar-refractivity contribution in [2.24, 2.45) is 0 Å². The van der Waals surface area contributed by atoms with Gasteiger partial charge in [0.1, 0.15) is 5.75 Å². The van der Waals surface area contributed by atoms with E-state index in [1.165, 1.54) is 12.8 Å². The summed E-state index contributed by atoms with van der Waals surface area (Å²) < 4.78 is 1.88. The minimum atomic E-state index is -0.226. The van der Waals surface area contributed by atoms with Crippen LogP contribution in [0.5, 0.6) is 5.75 Å². The second-order valence-electron chi connectivity index (χ2n) is 8.06. The van der Waals surface area contributed by atoms with Crippen LogP contribution >= 0.6 is 0 Å². The van der Waals surface area contributed by atoms with Crippen LogP contribution in [0.4, 0.5) is 0 Å². The number of nitrogens with zero attached hydrogens (tertiary/aromatic N) is 3. The van der Waals surface area contributed by atoms with Crippen molar-refractivity contribution >= 4 is 16.8 Å². The highest BCUT2D eigenvalue weighted by atomic mass is 16.3. The highest BCUT2D eigenvalue weighted by Gasteiger charge is 2.25. The number of rotatable bonds is 4. The molecule has 5 nitrogen and oxygen atoms in total. The number of carbonyl (C=O) groups is 1. The van der Waals surface area contributed by atoms with E-state index in [1.54, 1.807) is 24.4 Å². The number of ketones is 1. The first-order valence-electron chi connectivity index (χ1n) is 10.4. The fourth-order valence-electron chi connectivity index (χ4n) is 4.39. The standard InChI is InChI=1S/C25H23N3O2/c1-16-11-12-22(29)20(13-16)24(30)18-14-21-23(17-7-5-6-8-17)27-28(25(21)26-15-18)19-9-3-2-4-10-19/h2-4,9-15,17,29H,5-8H2,1H3. The Labute approximate surface area is 175 Å². The summed E-state index contributed by atoms with van der Waals surface area (Å²) in [7, 11) is 0. The van der Waals surface area contributed by atoms with Gasteiger partial charge in [-0.2, -0.15) is 5.10 Å². The second kappa shape index (κ2) is 7.41. The van der Waals surface area contributed by atoms with E-state index in [0.717, 1.165) is 40.8 Å². The lowest BCUT2D eigenvalue weighted by molar-refractivity contribution is 0.103. The van der Waals surface area contributed by atoms with Crippen LogP contribution in [0.1, 0.15) is 58.8 Å². The largest absolute Gasteiger partial charge is 0.507 e. The Balaban J connectivity index is 1.67. The Morgan fingerprint density at radius 1 is 1.07 bits per heavy atom. The second-order valence-corrected chi connectivity index (χ2v) is 8.06. The maximum absolute atomic E-state index is 13.1. The number of para-hydroxylation sites is 1. The Morgan fingerprint density at radius 3 is 2.60 bits per heavy atom. The quantitative estimate of drug-likeness (QED) is 0.473. The third-order valence-corrected chi connectivity index (χ3v) is 5.95. The van der Waals surface area contributed by atoms with E-state index in [4.69, 9.17) is 5.10 Å². The molecule has 0 saturated heterocycles. The van der Waals surface area contributed by atoms with Crippen molar-refractivity contribution in [2.75, 3.05) is 0 Å². The molecule has 30 heavy (non-hydrogen) atoms. The highest BCUT2D eigenvalue weighted by molar-refractivity contribution is 6.11. The molecule has 2 heterocycles. The number of phenols is 1. The third kappa shape index (κ3) is 3.16. The summed E-state index contributed by atoms with van der Waals surface area (Å²) in [5.74, 6) is 0.147. The normalized spacial score (nSPS) is 14.4. The molecule has 0 amide bonds. The lowest BCUT2D eigenvalue weighted by atomic mass is 9.98. The predicted molar refractivity (Wildman–Crippen MR) is 116 cm³/mol. The number of aryl methyl sites for hydroxylation is 1. The molecule has 0 bridgehead atoms. The Hall–Kier alpha value is -3.47. The number of phenolic OH excluding ortho intramolecular Hbond substituents is 1. The first-order chi connectivity index (χ1) is 14.6. The first-order valence-corrected chi connectivity index (χ1v) is 10.4. The Kier molecular flexibility index (Phi) is 4.58. The number of aromatic hydroxyl groups is 1. The molecule has 1 saturated carbocycles. The number of pyridine rings is 1. The van der Waals surface area contributed by atoms with Crippen LogP contribution in [0.3, 0.4) is 0 Å². The molecule has 0 radical (unpaired) electrons. The van der Waals surface area contributed by atoms with Crippen LogP contribution < -0.4 is 0 Å². The number of benzene rings is 2. The van der Waals surface area contributed by atoms with Gasteiger partial charge in [0.15, 0.2) is 11.4 Å². The number of hydrogen-bond donors (Lipinski definition) is 1. The van der Waals surface area contributed by atoms with E-state index in [9.17, 15) is 9.90 Å². The summed E-state index contributed by atoms with van der Waals surface area (Å²) in [6.07, 6.45) is 6.21. The van der Waals surface area contributed by atoms with Crippen LogP contribution in [0.15, 0.2) is 60.8 Å². The highest BCUT2D eigenvalue weighted by Crippen LogP contribution is 2.37. The van der Waals surface area contributed by atoms with Gasteiger partial charge in [0, 0.05) is 23.1 Å². The third-order valence-electron chi connectivity index (χ3n) is 5.95. The zero-order chi connectivity index (χ0) is 20.7. The SMILES string of the molecule is Cc1ccc(O)c(C(=O)c2cnc3c(c2)c(C2CCCC2)nn3-c2ccccc2)c1. The number of fused-ring (bicyclic) bond motifs is 1. The summed E-state index contributed by atoms with van der Waals surface area (Å²) in [5.41, 5.74) is 4.42. The first kappa shape index (κ1) is 18.6. The van der Waals surface area contributed by atoms with Crippen LogP contribution in [-0.2, 0) is 0 Å². The summed E-state index contributed by atoms with van der Waals surface area (Å²) in [6.45, 7) is 1.90. The zero-order valence-electron chi connectivity index (χ0n) is 16.9. The summed E-state index contributed by atoms with van der Waals surface area (Å²) in [4.78, 5) is 17.8. The molecular formula is C25H23N3O2. The number of hydrogen-bond acceptors (Lipinski definition) is 4. The number of aromatic nitrogens is 3. The van der Waals surface area contributed by atoms with Crippen molar-refractivity contribution in [3.8, 4) is 11.4 Å². The van der Waals surface area contributed by atoms with Crippen LogP contribution in [0.25, 0.3) is 16.7 Å². The van der Waals surface area contributed by atoms with Crippen molar-refractivity contribution < 1.29 is 9.90 Å². The molecule has 0 atom stereocenters. The van der Waals surface area contributed by atoms with E-state index in [0.29, 0.717) is 17.0 Å². The molecule has 1 fully saturated rings. The van der Waals surface area contributed by atoms with Crippen molar-refractivity contribution in [2.45, 2.75) is 38.5 Å². The Bertz CT molecular complexity index is 1240. The molecule has 1 N–H and O–H groups in total. The predicted octanol–water partition coefficient (Wildman–Crippen LogP) is 5.32. The van der Waals surface area contributed by atoms with Crippen molar-refractivity contribution in [1.29, 1.82) is 0 Å². The van der Waals surface area contributed by atoms with Crippen LogP contribution in [-0.4, -0.2) is 25.7 Å². The molecule has 5 rings (SSSR count). The lowest BCUT2D eigenvalue weighted by Gasteiger charge is -2.07. The van der Waals surface area contributed by atoms with Gasteiger partial charge in [-0.05, 0) is 50.1 Å². The molecule has 0 spiro atoms. The van der Waals surface area contributed by atoms with E-state index in [1.807, 2.05) is 48.0 Å². The average molecular weight is 397 g/mol. The molecule has 4 aromatic rings. The average Bonchev–Trinajstić information content (AvgIpc) is 3.43. The van der Waals surface area contributed by atoms with Crippen molar-refractivity contribution in [3.63, 3.8) is 0 Å². The van der Waals surface area contributed by atoms with E-state index < -0.39 is 0 Å². The fraction of sp³-hybridized carbons (Fsp3) is 0.240. The summed E-state index contributed by atoms with van der Waals surface area (Å²) in [5, 5.41) is 16.1. The number of carbonyl (C=O) groups excluding carboxylic acids is 1. The van der Waals surface area contributed by atoms with Crippen LogP contribution in [0.2, 0.25) is 0 Å². The van der Waals surface area contributed by atoms with E-state index in [2.05, 4.69) is 4.98 Å². The van der Waals surface area contributed by atoms with Gasteiger partial charge in [0.05, 0.1) is 16.9 Å². The van der Waals surface area contributed by atoms with Gasteiger partial charge in [-0.15, -0.1) is 0 Å². The van der Waals surface area contributed by atoms with Gasteiger partial charge in [-0.3, -0.25) is 4.79 Å². The topological polar surface area (TPSA) is 68.0 Å². The molecular weight excluding hydrogens is 374 g/mol. The molecule has 2 aromatic heterocycles. The fourth-order valence-corrected chi connectivity index (χ4v) is 4.39. The minimum absolute atomic E-state index is 0.0123. The minimum Gasteiger partial charge on any atom is -0.507 e. The molecule has 150 valence electrons. The van der Waals surface area contributed by atoms with Gasteiger partial charge >= 0.3 is 0 Å². The maximum atomic E-state index is 13.1. The van der Waals surface area contributed by atoms with Gasteiger partial charge in [0.25, 0.3) is 0 Å².